The van der Waals surface area contributed by atoms with Crippen LogP contribution in [0.2, 0.25) is 5.02 Å². The number of carbonyl (C=O) groups excluding carboxylic acids is 1. The average Bonchev–Trinajstić information content (AvgIpc) is 3.60. The summed E-state index contributed by atoms with van der Waals surface area (Å²) in [5.41, 5.74) is 5.38. The minimum absolute atomic E-state index is 0.0377. The van der Waals surface area contributed by atoms with Crippen molar-refractivity contribution in [2.45, 2.75) is 39.1 Å². The number of ether oxygens (including phenoxy) is 2. The van der Waals surface area contributed by atoms with Gasteiger partial charge in [0.1, 0.15) is 17.8 Å². The Hall–Kier alpha value is -3.87. The quantitative estimate of drug-likeness (QED) is 0.298. The molecule has 5 rings (SSSR count). The van der Waals surface area contributed by atoms with E-state index in [4.69, 9.17) is 21.1 Å². The molecule has 13 heteroatoms. The van der Waals surface area contributed by atoms with Gasteiger partial charge in [-0.25, -0.2) is 18.4 Å². The minimum Gasteiger partial charge on any atom is -0.495 e. The maximum absolute atomic E-state index is 13.4. The van der Waals surface area contributed by atoms with Gasteiger partial charge in [0.15, 0.2) is 0 Å². The molecule has 1 aliphatic rings. The SMILES string of the molecule is COCc1nn(Cc2ccc3c(c2)CN(C)CC3)cc1C(=O)NCc1c(-n2cnc(C(F)F)n2)ccc(OC)c1Cl. The fourth-order valence-corrected chi connectivity index (χ4v) is 5.20. The lowest BCUT2D eigenvalue weighted by Gasteiger charge is -2.25. The Morgan fingerprint density at radius 1 is 1.17 bits per heavy atom. The number of rotatable bonds is 10. The third kappa shape index (κ3) is 6.24. The van der Waals surface area contributed by atoms with Gasteiger partial charge in [-0.15, -0.1) is 5.10 Å². The van der Waals surface area contributed by atoms with E-state index in [-0.39, 0.29) is 18.2 Å². The lowest BCUT2D eigenvalue weighted by atomic mass is 9.98. The molecule has 0 unspecified atom stereocenters. The number of benzene rings is 2. The van der Waals surface area contributed by atoms with E-state index in [1.165, 1.54) is 36.4 Å². The smallest absolute Gasteiger partial charge is 0.299 e. The molecule has 1 aliphatic heterocycles. The summed E-state index contributed by atoms with van der Waals surface area (Å²) in [7, 11) is 5.11. The Balaban J connectivity index is 1.37. The number of aromatic nitrogens is 5. The van der Waals surface area contributed by atoms with E-state index in [2.05, 4.69) is 50.6 Å². The van der Waals surface area contributed by atoms with Crippen LogP contribution in [0, 0.1) is 0 Å². The first kappa shape index (κ1) is 28.7. The molecule has 2 aromatic heterocycles. The summed E-state index contributed by atoms with van der Waals surface area (Å²) in [5, 5.41) is 11.5. The van der Waals surface area contributed by atoms with Crippen LogP contribution in [0.5, 0.6) is 5.75 Å². The van der Waals surface area contributed by atoms with E-state index in [9.17, 15) is 13.6 Å². The van der Waals surface area contributed by atoms with Gasteiger partial charge in [0.05, 0.1) is 36.5 Å². The molecule has 1 N–H and O–H groups in total. The van der Waals surface area contributed by atoms with Crippen molar-refractivity contribution >= 4 is 17.5 Å². The predicted molar refractivity (Wildman–Crippen MR) is 148 cm³/mol. The van der Waals surface area contributed by atoms with Gasteiger partial charge < -0.3 is 19.7 Å². The number of hydrogen-bond acceptors (Lipinski definition) is 7. The van der Waals surface area contributed by atoms with Crippen molar-refractivity contribution in [1.29, 1.82) is 0 Å². The summed E-state index contributed by atoms with van der Waals surface area (Å²) in [5.74, 6) is -0.653. The fraction of sp³-hybridized carbons (Fsp3) is 0.357. The molecule has 3 heterocycles. The molecule has 0 saturated heterocycles. The molecule has 0 saturated carbocycles. The number of amides is 1. The monoisotopic (exact) mass is 585 g/mol. The molecular formula is C28H30ClF2N7O3. The molecule has 41 heavy (non-hydrogen) atoms. The van der Waals surface area contributed by atoms with Crippen molar-refractivity contribution in [3.63, 3.8) is 0 Å². The van der Waals surface area contributed by atoms with Crippen molar-refractivity contribution < 1.29 is 23.0 Å². The second-order valence-electron chi connectivity index (χ2n) is 9.82. The highest BCUT2D eigenvalue weighted by Gasteiger charge is 2.21. The van der Waals surface area contributed by atoms with E-state index in [1.54, 1.807) is 23.0 Å². The molecule has 0 bridgehead atoms. The molecular weight excluding hydrogens is 556 g/mol. The predicted octanol–water partition coefficient (Wildman–Crippen LogP) is 4.18. The topological polar surface area (TPSA) is 99.3 Å². The van der Waals surface area contributed by atoms with Gasteiger partial charge in [0.2, 0.25) is 5.82 Å². The van der Waals surface area contributed by atoms with E-state index < -0.39 is 18.2 Å². The van der Waals surface area contributed by atoms with Crippen LogP contribution in [-0.4, -0.2) is 63.2 Å². The summed E-state index contributed by atoms with van der Waals surface area (Å²) in [6.45, 7) is 2.54. The molecule has 10 nitrogen and oxygen atoms in total. The Morgan fingerprint density at radius 2 is 2.00 bits per heavy atom. The number of likely N-dealkylation sites (N-methyl/N-ethyl adjacent to an activating group) is 1. The largest absolute Gasteiger partial charge is 0.495 e. The second-order valence-corrected chi connectivity index (χ2v) is 10.2. The first-order valence-electron chi connectivity index (χ1n) is 13.0. The fourth-order valence-electron chi connectivity index (χ4n) is 4.90. The van der Waals surface area contributed by atoms with E-state index in [1.807, 2.05) is 0 Å². The zero-order valence-electron chi connectivity index (χ0n) is 22.9. The Bertz CT molecular complexity index is 1560. The van der Waals surface area contributed by atoms with E-state index >= 15 is 0 Å². The van der Waals surface area contributed by atoms with Crippen LogP contribution in [0.15, 0.2) is 42.9 Å². The number of halogens is 3. The third-order valence-corrected chi connectivity index (χ3v) is 7.38. The maximum Gasteiger partial charge on any atom is 0.299 e. The normalized spacial score (nSPS) is 13.4. The van der Waals surface area contributed by atoms with Crippen LogP contribution in [0.3, 0.4) is 0 Å². The van der Waals surface area contributed by atoms with Gasteiger partial charge in [-0.1, -0.05) is 29.8 Å². The van der Waals surface area contributed by atoms with Gasteiger partial charge in [-0.05, 0) is 42.3 Å². The summed E-state index contributed by atoms with van der Waals surface area (Å²) < 4.78 is 39.7. The molecule has 0 aliphatic carbocycles. The van der Waals surface area contributed by atoms with Gasteiger partial charge in [-0.3, -0.25) is 9.48 Å². The summed E-state index contributed by atoms with van der Waals surface area (Å²) in [6.07, 6.45) is 1.06. The highest BCUT2D eigenvalue weighted by atomic mass is 35.5. The standard InChI is InChI=1S/C28H30ClF2N7O3/c1-36-9-8-18-5-4-17(10-19(18)13-36)12-37-14-21(22(34-37)15-40-2)28(39)32-11-20-23(6-7-24(41-3)25(20)29)38-16-33-27(35-38)26(30)31/h4-7,10,14,16,26H,8-9,11-13,15H2,1-3H3,(H,32,39). The van der Waals surface area contributed by atoms with Gasteiger partial charge in [-0.2, -0.15) is 5.10 Å². The number of hydrogen-bond donors (Lipinski definition) is 1. The summed E-state index contributed by atoms with van der Waals surface area (Å²) >= 11 is 6.57. The molecule has 1 amide bonds. The summed E-state index contributed by atoms with van der Waals surface area (Å²) in [6, 6.07) is 9.66. The van der Waals surface area contributed by atoms with Crippen molar-refractivity contribution in [2.24, 2.45) is 0 Å². The van der Waals surface area contributed by atoms with Gasteiger partial charge in [0.25, 0.3) is 12.3 Å². The first-order valence-corrected chi connectivity index (χ1v) is 13.3. The van der Waals surface area contributed by atoms with Crippen molar-refractivity contribution in [1.82, 2.24) is 34.8 Å². The van der Waals surface area contributed by atoms with Crippen molar-refractivity contribution in [3.8, 4) is 11.4 Å². The van der Waals surface area contributed by atoms with E-state index in [0.717, 1.165) is 25.1 Å². The molecule has 0 radical (unpaired) electrons. The molecule has 216 valence electrons. The number of fused-ring (bicyclic) bond motifs is 1. The number of carbonyl (C=O) groups is 1. The average molecular weight is 586 g/mol. The number of nitrogens with one attached hydrogen (secondary N) is 1. The lowest BCUT2D eigenvalue weighted by Crippen LogP contribution is -2.26. The molecule has 0 atom stereocenters. The molecule has 2 aromatic carbocycles. The Kier molecular flexibility index (Phi) is 8.62. The van der Waals surface area contributed by atoms with E-state index in [0.29, 0.717) is 34.8 Å². The number of methoxy groups -OCH3 is 2. The van der Waals surface area contributed by atoms with Crippen LogP contribution in [0.25, 0.3) is 5.69 Å². The lowest BCUT2D eigenvalue weighted by molar-refractivity contribution is 0.0945. The Labute approximate surface area is 240 Å². The van der Waals surface area contributed by atoms with Crippen molar-refractivity contribution in [3.05, 3.63) is 87.2 Å². The van der Waals surface area contributed by atoms with Crippen molar-refractivity contribution in [2.75, 3.05) is 27.8 Å². The molecule has 0 fully saturated rings. The molecule has 0 spiro atoms. The van der Waals surface area contributed by atoms with Gasteiger partial charge in [0, 0.05) is 38.5 Å². The minimum atomic E-state index is -2.83. The zero-order valence-corrected chi connectivity index (χ0v) is 23.7. The number of nitrogens with zero attached hydrogens (tertiary/aromatic N) is 6. The summed E-state index contributed by atoms with van der Waals surface area (Å²) in [4.78, 5) is 19.3. The zero-order chi connectivity index (χ0) is 29.1. The first-order chi connectivity index (χ1) is 19.8. The van der Waals surface area contributed by atoms with Gasteiger partial charge >= 0.3 is 0 Å². The van der Waals surface area contributed by atoms with Crippen LogP contribution in [0.1, 0.15) is 50.6 Å². The molecule has 4 aromatic rings. The van der Waals surface area contributed by atoms with Crippen LogP contribution >= 0.6 is 11.6 Å². The highest BCUT2D eigenvalue weighted by Crippen LogP contribution is 2.33. The third-order valence-electron chi connectivity index (χ3n) is 6.96. The van der Waals surface area contributed by atoms with Crippen LogP contribution < -0.4 is 10.1 Å². The Morgan fingerprint density at radius 3 is 2.73 bits per heavy atom. The van der Waals surface area contributed by atoms with Crippen LogP contribution in [0.4, 0.5) is 8.78 Å². The van der Waals surface area contributed by atoms with Crippen LogP contribution in [-0.2, 0) is 37.4 Å². The highest BCUT2D eigenvalue weighted by molar-refractivity contribution is 6.33. The maximum atomic E-state index is 13.4. The number of alkyl halides is 2. The second kappa shape index (κ2) is 12.3.